The molecule has 1 heterocycles. The van der Waals surface area contributed by atoms with Gasteiger partial charge in [-0.2, -0.15) is 0 Å². The molecule has 1 rings (SSSR count). The van der Waals surface area contributed by atoms with Gasteiger partial charge in [-0.05, 0) is 25.7 Å². The van der Waals surface area contributed by atoms with E-state index in [-0.39, 0.29) is 61.8 Å². The largest absolute Gasteiger partial charge is 0.481 e. The molecule has 0 aliphatic carbocycles. The summed E-state index contributed by atoms with van der Waals surface area (Å²) in [6.07, 6.45) is 18.0. The standard InChI is InChI=1S/C32H55N3O8.C2H6/c1-25-23-29(38)35(31(25)41)22-18-14-16-19-27(36)33-24-26(32(42)43)34-28(37)20-15-12-10-8-6-4-2-3-5-7-9-11-13-17-21-30(39)40;1-2/h25-26H,2-24H2,1H3,(H,33,36)(H,34,37)(H,39,40)(H,42,43);1-2H3. The first-order valence-corrected chi connectivity index (χ1v) is 17.5. The van der Waals surface area contributed by atoms with Crippen LogP contribution < -0.4 is 10.6 Å². The van der Waals surface area contributed by atoms with Crippen molar-refractivity contribution in [1.82, 2.24) is 15.5 Å². The molecular weight excluding hydrogens is 578 g/mol. The van der Waals surface area contributed by atoms with Crippen molar-refractivity contribution in [2.45, 2.75) is 162 Å². The maximum absolute atomic E-state index is 12.2. The number of hydrogen-bond donors (Lipinski definition) is 4. The first-order valence-electron chi connectivity index (χ1n) is 17.5. The quantitative estimate of drug-likeness (QED) is 0.0628. The lowest BCUT2D eigenvalue weighted by molar-refractivity contribution is -0.142. The van der Waals surface area contributed by atoms with Gasteiger partial charge in [-0.15, -0.1) is 0 Å². The number of nitrogens with one attached hydrogen (secondary N) is 2. The molecule has 0 aromatic rings. The third-order valence-corrected chi connectivity index (χ3v) is 7.94. The van der Waals surface area contributed by atoms with Crippen molar-refractivity contribution in [3.05, 3.63) is 0 Å². The van der Waals surface area contributed by atoms with Gasteiger partial charge in [0.05, 0.1) is 0 Å². The molecule has 0 spiro atoms. The van der Waals surface area contributed by atoms with Gasteiger partial charge in [0.15, 0.2) is 0 Å². The van der Waals surface area contributed by atoms with Crippen LogP contribution in [0.5, 0.6) is 0 Å². The summed E-state index contributed by atoms with van der Waals surface area (Å²) in [5.74, 6) is -3.08. The molecule has 4 N–H and O–H groups in total. The number of nitrogens with zero attached hydrogens (tertiary/aromatic N) is 1. The number of carbonyl (C=O) groups excluding carboxylic acids is 4. The van der Waals surface area contributed by atoms with Gasteiger partial charge in [0.1, 0.15) is 6.04 Å². The third kappa shape index (κ3) is 22.2. The molecule has 11 heteroatoms. The van der Waals surface area contributed by atoms with E-state index in [0.29, 0.717) is 32.2 Å². The Hall–Kier alpha value is -2.98. The zero-order valence-electron chi connectivity index (χ0n) is 28.2. The predicted molar refractivity (Wildman–Crippen MR) is 174 cm³/mol. The van der Waals surface area contributed by atoms with Crippen molar-refractivity contribution >= 4 is 35.6 Å². The Morgan fingerprint density at radius 2 is 1.11 bits per heavy atom. The average Bonchev–Trinajstić information content (AvgIpc) is 3.25. The molecule has 1 fully saturated rings. The Balaban J connectivity index is 0.00000947. The maximum Gasteiger partial charge on any atom is 0.328 e. The fraction of sp³-hybridized carbons (Fsp3) is 0.824. The fourth-order valence-electron chi connectivity index (χ4n) is 5.27. The van der Waals surface area contributed by atoms with Gasteiger partial charge in [-0.3, -0.25) is 28.9 Å². The lowest BCUT2D eigenvalue weighted by Crippen LogP contribution is -2.48. The van der Waals surface area contributed by atoms with Gasteiger partial charge in [0, 0.05) is 44.7 Å². The molecule has 2 unspecified atom stereocenters. The van der Waals surface area contributed by atoms with Gasteiger partial charge >= 0.3 is 11.9 Å². The van der Waals surface area contributed by atoms with Crippen molar-refractivity contribution < 1.29 is 39.0 Å². The zero-order chi connectivity index (χ0) is 33.9. The van der Waals surface area contributed by atoms with Crippen LogP contribution in [-0.4, -0.2) is 69.8 Å². The van der Waals surface area contributed by atoms with Crippen LogP contribution in [0.1, 0.15) is 156 Å². The van der Waals surface area contributed by atoms with Crippen LogP contribution >= 0.6 is 0 Å². The van der Waals surface area contributed by atoms with E-state index in [2.05, 4.69) is 10.6 Å². The Kier molecular flexibility index (Phi) is 25.5. The molecule has 1 saturated heterocycles. The van der Waals surface area contributed by atoms with Gasteiger partial charge in [0.2, 0.25) is 23.6 Å². The summed E-state index contributed by atoms with van der Waals surface area (Å²) in [7, 11) is 0. The van der Waals surface area contributed by atoms with E-state index in [9.17, 15) is 33.9 Å². The second kappa shape index (κ2) is 27.3. The molecule has 260 valence electrons. The lowest BCUT2D eigenvalue weighted by Gasteiger charge is -2.16. The second-order valence-corrected chi connectivity index (χ2v) is 11.9. The fourth-order valence-corrected chi connectivity index (χ4v) is 5.27. The van der Waals surface area contributed by atoms with Crippen molar-refractivity contribution in [2.75, 3.05) is 13.1 Å². The normalized spacial score (nSPS) is 14.9. The number of aliphatic carboxylic acids is 2. The number of carbonyl (C=O) groups is 6. The van der Waals surface area contributed by atoms with Crippen molar-refractivity contribution in [3.8, 4) is 0 Å². The van der Waals surface area contributed by atoms with Crippen LogP contribution in [0.25, 0.3) is 0 Å². The molecule has 4 amide bonds. The molecule has 1 aliphatic rings. The Labute approximate surface area is 270 Å². The van der Waals surface area contributed by atoms with E-state index in [1.54, 1.807) is 6.92 Å². The summed E-state index contributed by atoms with van der Waals surface area (Å²) in [5.41, 5.74) is 0. The van der Waals surface area contributed by atoms with Gasteiger partial charge in [-0.1, -0.05) is 104 Å². The van der Waals surface area contributed by atoms with E-state index in [0.717, 1.165) is 38.5 Å². The molecule has 45 heavy (non-hydrogen) atoms. The summed E-state index contributed by atoms with van der Waals surface area (Å²) in [5, 5.41) is 23.1. The number of unbranched alkanes of at least 4 members (excludes halogenated alkanes) is 15. The summed E-state index contributed by atoms with van der Waals surface area (Å²) < 4.78 is 0. The highest BCUT2D eigenvalue weighted by atomic mass is 16.4. The number of hydrogen-bond acceptors (Lipinski definition) is 6. The molecule has 0 bridgehead atoms. The lowest BCUT2D eigenvalue weighted by atomic mass is 10.0. The first kappa shape index (κ1) is 42.0. The first-order chi connectivity index (χ1) is 21.6. The number of rotatable bonds is 27. The summed E-state index contributed by atoms with van der Waals surface area (Å²) in [6.45, 7) is 5.92. The molecule has 11 nitrogen and oxygen atoms in total. The number of imide groups is 1. The second-order valence-electron chi connectivity index (χ2n) is 11.9. The highest BCUT2D eigenvalue weighted by molar-refractivity contribution is 6.03. The van der Waals surface area contributed by atoms with E-state index in [4.69, 9.17) is 5.11 Å². The zero-order valence-corrected chi connectivity index (χ0v) is 28.2. The number of carboxylic acids is 2. The van der Waals surface area contributed by atoms with Crippen LogP contribution in [0.3, 0.4) is 0 Å². The van der Waals surface area contributed by atoms with Crippen LogP contribution in [0.15, 0.2) is 0 Å². The highest BCUT2D eigenvalue weighted by Gasteiger charge is 2.34. The van der Waals surface area contributed by atoms with Crippen LogP contribution in [0.2, 0.25) is 0 Å². The molecule has 1 aliphatic heterocycles. The molecule has 0 saturated carbocycles. The minimum atomic E-state index is -1.20. The predicted octanol–water partition coefficient (Wildman–Crippen LogP) is 5.98. The third-order valence-electron chi connectivity index (χ3n) is 7.94. The van der Waals surface area contributed by atoms with E-state index >= 15 is 0 Å². The minimum Gasteiger partial charge on any atom is -0.481 e. The molecule has 0 aromatic heterocycles. The molecule has 0 radical (unpaired) electrons. The van der Waals surface area contributed by atoms with Crippen LogP contribution in [0, 0.1) is 5.92 Å². The molecule has 2 atom stereocenters. The van der Waals surface area contributed by atoms with E-state index < -0.39 is 18.0 Å². The van der Waals surface area contributed by atoms with Crippen molar-refractivity contribution in [1.29, 1.82) is 0 Å². The van der Waals surface area contributed by atoms with E-state index in [1.165, 1.54) is 49.8 Å². The Bertz CT molecular complexity index is 880. The molecular formula is C34H61N3O8. The summed E-state index contributed by atoms with van der Waals surface area (Å²) in [6, 6.07) is -1.18. The summed E-state index contributed by atoms with van der Waals surface area (Å²) in [4.78, 5) is 71.3. The average molecular weight is 640 g/mol. The topological polar surface area (TPSA) is 170 Å². The monoisotopic (exact) mass is 639 g/mol. The number of carboxylic acid groups (broad SMARTS) is 2. The van der Waals surface area contributed by atoms with Crippen LogP contribution in [0.4, 0.5) is 0 Å². The Morgan fingerprint density at radius 1 is 0.689 bits per heavy atom. The number of amides is 4. The maximum atomic E-state index is 12.2. The van der Waals surface area contributed by atoms with Crippen LogP contribution in [-0.2, 0) is 28.8 Å². The summed E-state index contributed by atoms with van der Waals surface area (Å²) >= 11 is 0. The Morgan fingerprint density at radius 3 is 1.53 bits per heavy atom. The van der Waals surface area contributed by atoms with Gasteiger partial charge in [-0.25, -0.2) is 4.79 Å². The van der Waals surface area contributed by atoms with Gasteiger partial charge < -0.3 is 20.8 Å². The highest BCUT2D eigenvalue weighted by Crippen LogP contribution is 2.19. The molecule has 0 aromatic carbocycles. The van der Waals surface area contributed by atoms with E-state index in [1.807, 2.05) is 13.8 Å². The van der Waals surface area contributed by atoms with Gasteiger partial charge in [0.25, 0.3) is 0 Å². The smallest absolute Gasteiger partial charge is 0.328 e. The van der Waals surface area contributed by atoms with Crippen molar-refractivity contribution in [3.63, 3.8) is 0 Å². The van der Waals surface area contributed by atoms with Crippen molar-refractivity contribution in [2.24, 2.45) is 5.92 Å². The SMILES string of the molecule is CC.CC1CC(=O)N(CCCCCC(=O)NCC(NC(=O)CCCCCCCCCCCCCCCCC(=O)O)C(=O)O)C1=O. The number of likely N-dealkylation sites (tertiary alicyclic amines) is 1. The minimum absolute atomic E-state index is 0.140.